The van der Waals surface area contributed by atoms with Crippen LogP contribution in [0.4, 0.5) is 0 Å². The van der Waals surface area contributed by atoms with Crippen molar-refractivity contribution in [1.82, 2.24) is 5.48 Å². The Bertz CT molecular complexity index is 126. The molecule has 0 unspecified atom stereocenters. The summed E-state index contributed by atoms with van der Waals surface area (Å²) in [4.78, 5) is 19.8. The molecule has 0 fully saturated rings. The number of carboxylic acid groups (broad SMARTS) is 1. The standard InChI is InChI=1S/C4H7NO4.Na/c6-3(5-9)1-2-4(7)8;/h9H,1-2H2,(H,5,6)(H,7,8);/q;+1. The van der Waals surface area contributed by atoms with E-state index >= 15 is 0 Å². The molecule has 5 nitrogen and oxygen atoms in total. The number of hydroxylamine groups is 1. The van der Waals surface area contributed by atoms with Crippen LogP contribution in [0.5, 0.6) is 0 Å². The summed E-state index contributed by atoms with van der Waals surface area (Å²) in [6, 6.07) is 0. The van der Waals surface area contributed by atoms with Gasteiger partial charge in [0.2, 0.25) is 5.91 Å². The fraction of sp³-hybridized carbons (Fsp3) is 0.500. The van der Waals surface area contributed by atoms with E-state index in [1.807, 2.05) is 0 Å². The van der Waals surface area contributed by atoms with Crippen molar-refractivity contribution in [2.45, 2.75) is 12.8 Å². The van der Waals surface area contributed by atoms with E-state index in [9.17, 15) is 9.59 Å². The van der Waals surface area contributed by atoms with Gasteiger partial charge in [-0.05, 0) is 0 Å². The average molecular weight is 156 g/mol. The van der Waals surface area contributed by atoms with Crippen molar-refractivity contribution in [3.8, 4) is 0 Å². The molecule has 0 rings (SSSR count). The maximum absolute atomic E-state index is 10.1. The van der Waals surface area contributed by atoms with Crippen LogP contribution in [0.3, 0.4) is 0 Å². The first-order valence-electron chi connectivity index (χ1n) is 2.31. The van der Waals surface area contributed by atoms with E-state index in [0.29, 0.717) is 0 Å². The quantitative estimate of drug-likeness (QED) is 0.223. The second kappa shape index (κ2) is 7.01. The SMILES string of the molecule is O=C(O)CCC(=O)NO.[Na+]. The van der Waals surface area contributed by atoms with Crippen molar-refractivity contribution in [1.29, 1.82) is 0 Å². The van der Waals surface area contributed by atoms with Crippen molar-refractivity contribution < 1.29 is 49.5 Å². The fourth-order valence-electron chi connectivity index (χ4n) is 0.276. The van der Waals surface area contributed by atoms with Crippen LogP contribution in [0.2, 0.25) is 0 Å². The Hall–Kier alpha value is -0.100. The van der Waals surface area contributed by atoms with Gasteiger partial charge in [-0.2, -0.15) is 0 Å². The summed E-state index contributed by atoms with van der Waals surface area (Å²) < 4.78 is 0. The smallest absolute Gasteiger partial charge is 0.481 e. The Morgan fingerprint density at radius 1 is 1.30 bits per heavy atom. The number of nitrogens with one attached hydrogen (secondary N) is 1. The van der Waals surface area contributed by atoms with E-state index in [2.05, 4.69) is 0 Å². The molecule has 0 aliphatic rings. The molecule has 3 N–H and O–H groups in total. The summed E-state index contributed by atoms with van der Waals surface area (Å²) in [6.07, 6.45) is -0.446. The third-order valence-electron chi connectivity index (χ3n) is 0.691. The van der Waals surface area contributed by atoms with Gasteiger partial charge in [0.1, 0.15) is 0 Å². The molecular formula is C4H7NNaO4+. The van der Waals surface area contributed by atoms with Gasteiger partial charge < -0.3 is 5.11 Å². The molecule has 0 spiro atoms. The predicted molar refractivity (Wildman–Crippen MR) is 26.8 cm³/mol. The summed E-state index contributed by atoms with van der Waals surface area (Å²) in [5.74, 6) is -1.74. The number of aliphatic carboxylic acids is 1. The van der Waals surface area contributed by atoms with Crippen LogP contribution >= 0.6 is 0 Å². The van der Waals surface area contributed by atoms with Crippen molar-refractivity contribution in [3.05, 3.63) is 0 Å². The second-order valence-corrected chi connectivity index (χ2v) is 1.43. The zero-order chi connectivity index (χ0) is 7.28. The van der Waals surface area contributed by atoms with Crippen LogP contribution < -0.4 is 35.0 Å². The largest absolute Gasteiger partial charge is 1.00 e. The van der Waals surface area contributed by atoms with Crippen LogP contribution in [-0.2, 0) is 9.59 Å². The molecule has 0 saturated carbocycles. The van der Waals surface area contributed by atoms with Crippen molar-refractivity contribution >= 4 is 11.9 Å². The predicted octanol–water partition coefficient (Wildman–Crippen LogP) is -3.64. The Morgan fingerprint density at radius 2 is 1.80 bits per heavy atom. The third kappa shape index (κ3) is 7.90. The molecule has 0 aromatic heterocycles. The molecule has 0 radical (unpaired) electrons. The van der Waals surface area contributed by atoms with Crippen molar-refractivity contribution in [2.24, 2.45) is 0 Å². The summed E-state index contributed by atoms with van der Waals surface area (Å²) in [5, 5.41) is 15.9. The van der Waals surface area contributed by atoms with Gasteiger partial charge in [0.25, 0.3) is 0 Å². The molecule has 0 heterocycles. The number of amides is 1. The van der Waals surface area contributed by atoms with Crippen molar-refractivity contribution in [3.63, 3.8) is 0 Å². The first-order chi connectivity index (χ1) is 4.16. The van der Waals surface area contributed by atoms with E-state index in [4.69, 9.17) is 10.3 Å². The minimum absolute atomic E-state index is 0. The van der Waals surface area contributed by atoms with E-state index in [1.165, 1.54) is 5.48 Å². The second-order valence-electron chi connectivity index (χ2n) is 1.43. The summed E-state index contributed by atoms with van der Waals surface area (Å²) in [5.41, 5.74) is 1.32. The first-order valence-corrected chi connectivity index (χ1v) is 2.31. The maximum atomic E-state index is 10.1. The van der Waals surface area contributed by atoms with Crippen LogP contribution in [0.25, 0.3) is 0 Å². The molecule has 0 aromatic carbocycles. The number of rotatable bonds is 3. The Labute approximate surface area is 79.7 Å². The summed E-state index contributed by atoms with van der Waals surface area (Å²) in [6.45, 7) is 0. The molecule has 0 saturated heterocycles. The molecule has 0 aliphatic heterocycles. The molecule has 0 aromatic rings. The minimum Gasteiger partial charge on any atom is -0.481 e. The van der Waals surface area contributed by atoms with E-state index in [0.717, 1.165) is 0 Å². The van der Waals surface area contributed by atoms with Gasteiger partial charge in [0.05, 0.1) is 6.42 Å². The van der Waals surface area contributed by atoms with E-state index < -0.39 is 11.9 Å². The van der Waals surface area contributed by atoms with Gasteiger partial charge in [0.15, 0.2) is 0 Å². The van der Waals surface area contributed by atoms with Crippen LogP contribution in [-0.4, -0.2) is 22.2 Å². The Balaban J connectivity index is 0. The van der Waals surface area contributed by atoms with Crippen LogP contribution in [0, 0.1) is 0 Å². The molecule has 0 bridgehead atoms. The minimum atomic E-state index is -1.06. The number of carbonyl (C=O) groups excluding carboxylic acids is 1. The number of hydrogen-bond donors (Lipinski definition) is 3. The van der Waals surface area contributed by atoms with Gasteiger partial charge in [0, 0.05) is 6.42 Å². The van der Waals surface area contributed by atoms with E-state index in [-0.39, 0.29) is 42.4 Å². The first kappa shape index (κ1) is 12.6. The van der Waals surface area contributed by atoms with Gasteiger partial charge in [-0.25, -0.2) is 5.48 Å². The van der Waals surface area contributed by atoms with Gasteiger partial charge in [-0.15, -0.1) is 0 Å². The summed E-state index contributed by atoms with van der Waals surface area (Å²) in [7, 11) is 0. The number of carbonyl (C=O) groups is 2. The van der Waals surface area contributed by atoms with Gasteiger partial charge >= 0.3 is 35.5 Å². The Kier molecular flexibility index (Phi) is 8.81. The number of carboxylic acids is 1. The molecular weight excluding hydrogens is 149 g/mol. The number of hydrogen-bond acceptors (Lipinski definition) is 3. The summed E-state index contributed by atoms with van der Waals surface area (Å²) >= 11 is 0. The van der Waals surface area contributed by atoms with Gasteiger partial charge in [-0.3, -0.25) is 14.8 Å². The molecule has 6 heteroatoms. The topological polar surface area (TPSA) is 86.6 Å². The normalized spacial score (nSPS) is 7.70. The monoisotopic (exact) mass is 156 g/mol. The molecule has 52 valence electrons. The molecule has 1 amide bonds. The van der Waals surface area contributed by atoms with Crippen LogP contribution in [0.15, 0.2) is 0 Å². The van der Waals surface area contributed by atoms with Crippen molar-refractivity contribution in [2.75, 3.05) is 0 Å². The Morgan fingerprint density at radius 3 is 2.10 bits per heavy atom. The molecule has 0 aliphatic carbocycles. The van der Waals surface area contributed by atoms with Crippen LogP contribution in [0.1, 0.15) is 12.8 Å². The fourth-order valence-corrected chi connectivity index (χ4v) is 0.276. The zero-order valence-electron chi connectivity index (χ0n) is 5.63. The zero-order valence-corrected chi connectivity index (χ0v) is 7.63. The maximum Gasteiger partial charge on any atom is 1.00 e. The third-order valence-corrected chi connectivity index (χ3v) is 0.691. The molecule has 10 heavy (non-hydrogen) atoms. The van der Waals surface area contributed by atoms with Gasteiger partial charge in [-0.1, -0.05) is 0 Å². The molecule has 0 atom stereocenters. The average Bonchev–Trinajstić information content (AvgIpc) is 1.83. The van der Waals surface area contributed by atoms with E-state index in [1.54, 1.807) is 0 Å².